The lowest BCUT2D eigenvalue weighted by Crippen LogP contribution is -2.12. The van der Waals surface area contributed by atoms with Crippen LogP contribution in [0.15, 0.2) is 60.4 Å². The number of esters is 1. The van der Waals surface area contributed by atoms with Gasteiger partial charge in [0.1, 0.15) is 5.82 Å². The molecular formula is C16H11FN2O4. The minimum Gasteiger partial charge on any atom is -0.442 e. The number of benzene rings is 2. The van der Waals surface area contributed by atoms with E-state index in [-0.39, 0.29) is 5.70 Å². The first-order valence-corrected chi connectivity index (χ1v) is 6.73. The van der Waals surface area contributed by atoms with Gasteiger partial charge >= 0.3 is 11.7 Å². The van der Waals surface area contributed by atoms with Gasteiger partial charge in [0.2, 0.25) is 6.10 Å². The molecule has 0 aliphatic carbocycles. The minimum absolute atomic E-state index is 0.312. The van der Waals surface area contributed by atoms with Crippen molar-refractivity contribution in [1.29, 1.82) is 0 Å². The van der Waals surface area contributed by atoms with E-state index in [1.165, 1.54) is 24.3 Å². The number of halogens is 1. The summed E-state index contributed by atoms with van der Waals surface area (Å²) < 4.78 is 18.0. The van der Waals surface area contributed by atoms with E-state index in [9.17, 15) is 19.3 Å². The zero-order valence-corrected chi connectivity index (χ0v) is 11.7. The molecule has 0 spiro atoms. The Kier molecular flexibility index (Phi) is 3.76. The SMILES string of the molecule is O=C1OC(/C(=C\Nc2ccc(F)cc2)[N+](=O)[O-])c2ccccc21. The summed E-state index contributed by atoms with van der Waals surface area (Å²) in [4.78, 5) is 22.5. The Morgan fingerprint density at radius 3 is 2.61 bits per heavy atom. The van der Waals surface area contributed by atoms with Crippen molar-refractivity contribution in [2.75, 3.05) is 5.32 Å². The molecule has 0 saturated heterocycles. The van der Waals surface area contributed by atoms with Gasteiger partial charge in [0.15, 0.2) is 0 Å². The first-order chi connectivity index (χ1) is 11.1. The zero-order valence-electron chi connectivity index (χ0n) is 11.7. The van der Waals surface area contributed by atoms with Gasteiger partial charge in [0, 0.05) is 11.3 Å². The van der Waals surface area contributed by atoms with E-state index < -0.39 is 22.8 Å². The molecule has 116 valence electrons. The molecule has 0 amide bonds. The molecular weight excluding hydrogens is 303 g/mol. The molecule has 1 atom stereocenters. The number of hydrogen-bond acceptors (Lipinski definition) is 5. The van der Waals surface area contributed by atoms with Crippen LogP contribution in [0.2, 0.25) is 0 Å². The fraction of sp³-hybridized carbons (Fsp3) is 0.0625. The fourth-order valence-corrected chi connectivity index (χ4v) is 2.29. The molecule has 1 aliphatic heterocycles. The van der Waals surface area contributed by atoms with E-state index in [2.05, 4.69) is 5.32 Å². The highest BCUT2D eigenvalue weighted by Crippen LogP contribution is 2.35. The standard InChI is InChI=1S/C16H11FN2O4/c17-10-5-7-11(8-6-10)18-9-14(19(21)22)15-12-3-1-2-4-13(12)16(20)23-15/h1-9,15,18H/b14-9+. The number of rotatable bonds is 4. The van der Waals surface area contributed by atoms with Crippen LogP contribution >= 0.6 is 0 Å². The maximum Gasteiger partial charge on any atom is 0.339 e. The monoisotopic (exact) mass is 314 g/mol. The average molecular weight is 314 g/mol. The second-order valence-electron chi connectivity index (χ2n) is 4.85. The van der Waals surface area contributed by atoms with Crippen molar-refractivity contribution >= 4 is 11.7 Å². The Morgan fingerprint density at radius 1 is 1.22 bits per heavy atom. The number of nitrogens with one attached hydrogen (secondary N) is 1. The molecule has 0 aromatic heterocycles. The normalized spacial score (nSPS) is 16.7. The van der Waals surface area contributed by atoms with Crippen LogP contribution in [0.5, 0.6) is 0 Å². The van der Waals surface area contributed by atoms with Crippen molar-refractivity contribution in [2.24, 2.45) is 0 Å². The van der Waals surface area contributed by atoms with Crippen molar-refractivity contribution in [3.05, 3.63) is 87.5 Å². The Morgan fingerprint density at radius 2 is 1.91 bits per heavy atom. The van der Waals surface area contributed by atoms with Crippen molar-refractivity contribution in [2.45, 2.75) is 6.10 Å². The van der Waals surface area contributed by atoms with E-state index in [0.717, 1.165) is 6.20 Å². The van der Waals surface area contributed by atoms with Crippen LogP contribution in [0.1, 0.15) is 22.0 Å². The van der Waals surface area contributed by atoms with Gasteiger partial charge in [-0.3, -0.25) is 10.1 Å². The molecule has 0 radical (unpaired) electrons. The molecule has 2 aromatic carbocycles. The Hall–Kier alpha value is -3.22. The van der Waals surface area contributed by atoms with E-state index in [1.807, 2.05) is 0 Å². The fourth-order valence-electron chi connectivity index (χ4n) is 2.29. The molecule has 1 heterocycles. The lowest BCUT2D eigenvalue weighted by Gasteiger charge is -2.08. The lowest BCUT2D eigenvalue weighted by molar-refractivity contribution is -0.436. The molecule has 0 bridgehead atoms. The summed E-state index contributed by atoms with van der Waals surface area (Å²) in [5.41, 5.74) is 0.921. The largest absolute Gasteiger partial charge is 0.442 e. The van der Waals surface area contributed by atoms with Crippen LogP contribution < -0.4 is 5.32 Å². The third-order valence-electron chi connectivity index (χ3n) is 3.40. The molecule has 1 aliphatic rings. The highest BCUT2D eigenvalue weighted by Gasteiger charge is 2.39. The number of hydrogen-bond donors (Lipinski definition) is 1. The van der Waals surface area contributed by atoms with E-state index in [4.69, 9.17) is 4.74 Å². The molecule has 3 rings (SSSR count). The summed E-state index contributed by atoms with van der Waals surface area (Å²) in [6.45, 7) is 0. The number of fused-ring (bicyclic) bond motifs is 1. The van der Waals surface area contributed by atoms with Gasteiger partial charge in [-0.15, -0.1) is 0 Å². The molecule has 1 N–H and O–H groups in total. The first-order valence-electron chi connectivity index (χ1n) is 6.73. The maximum absolute atomic E-state index is 12.9. The Bertz CT molecular complexity index is 802. The van der Waals surface area contributed by atoms with Crippen molar-refractivity contribution in [1.82, 2.24) is 0 Å². The maximum atomic E-state index is 12.9. The molecule has 0 saturated carbocycles. The Balaban J connectivity index is 1.91. The quantitative estimate of drug-likeness (QED) is 0.532. The average Bonchev–Trinajstić information content (AvgIpc) is 2.87. The first kappa shape index (κ1) is 14.7. The van der Waals surface area contributed by atoms with Gasteiger partial charge in [0.05, 0.1) is 16.7 Å². The van der Waals surface area contributed by atoms with Gasteiger partial charge in [0.25, 0.3) is 0 Å². The molecule has 1 unspecified atom stereocenters. The van der Waals surface area contributed by atoms with Gasteiger partial charge in [-0.05, 0) is 30.3 Å². The molecule has 23 heavy (non-hydrogen) atoms. The number of carbonyl (C=O) groups is 1. The van der Waals surface area contributed by atoms with Crippen LogP contribution in [0.4, 0.5) is 10.1 Å². The van der Waals surface area contributed by atoms with Crippen molar-refractivity contribution in [3.63, 3.8) is 0 Å². The van der Waals surface area contributed by atoms with Crippen LogP contribution in [-0.4, -0.2) is 10.9 Å². The molecule has 7 heteroatoms. The lowest BCUT2D eigenvalue weighted by atomic mass is 10.0. The summed E-state index contributed by atoms with van der Waals surface area (Å²) in [5.74, 6) is -1.01. The predicted octanol–water partition coefficient (Wildman–Crippen LogP) is 3.27. The minimum atomic E-state index is -1.08. The van der Waals surface area contributed by atoms with Gasteiger partial charge in [-0.2, -0.15) is 0 Å². The summed E-state index contributed by atoms with van der Waals surface area (Å²) >= 11 is 0. The van der Waals surface area contributed by atoms with Crippen LogP contribution in [0.25, 0.3) is 0 Å². The number of nitrogens with zero attached hydrogens (tertiary/aromatic N) is 1. The molecule has 6 nitrogen and oxygen atoms in total. The van der Waals surface area contributed by atoms with E-state index in [0.29, 0.717) is 16.8 Å². The number of nitro groups is 1. The number of cyclic esters (lactones) is 1. The summed E-state index contributed by atoms with van der Waals surface area (Å²) in [6.07, 6.45) is 0.0643. The molecule has 0 fully saturated rings. The van der Waals surface area contributed by atoms with E-state index in [1.54, 1.807) is 24.3 Å². The summed E-state index contributed by atoms with van der Waals surface area (Å²) in [7, 11) is 0. The third kappa shape index (κ3) is 2.89. The highest BCUT2D eigenvalue weighted by atomic mass is 19.1. The van der Waals surface area contributed by atoms with Crippen LogP contribution in [0, 0.1) is 15.9 Å². The predicted molar refractivity (Wildman–Crippen MR) is 79.7 cm³/mol. The van der Waals surface area contributed by atoms with Crippen LogP contribution in [0.3, 0.4) is 0 Å². The number of carbonyl (C=O) groups excluding carboxylic acids is 1. The highest BCUT2D eigenvalue weighted by molar-refractivity contribution is 5.94. The topological polar surface area (TPSA) is 81.5 Å². The second-order valence-corrected chi connectivity index (χ2v) is 4.85. The van der Waals surface area contributed by atoms with E-state index >= 15 is 0 Å². The van der Waals surface area contributed by atoms with Crippen molar-refractivity contribution < 1.29 is 18.8 Å². The van der Waals surface area contributed by atoms with Crippen LogP contribution in [-0.2, 0) is 4.74 Å². The second kappa shape index (κ2) is 5.88. The third-order valence-corrected chi connectivity index (χ3v) is 3.40. The van der Waals surface area contributed by atoms with Gasteiger partial charge in [-0.1, -0.05) is 18.2 Å². The van der Waals surface area contributed by atoms with Gasteiger partial charge < -0.3 is 10.1 Å². The smallest absolute Gasteiger partial charge is 0.339 e. The number of anilines is 1. The Labute approximate surface area is 130 Å². The zero-order chi connectivity index (χ0) is 16.4. The summed E-state index contributed by atoms with van der Waals surface area (Å²) in [5, 5.41) is 14.0. The summed E-state index contributed by atoms with van der Waals surface area (Å²) in [6, 6.07) is 11.9. The number of ether oxygens (including phenoxy) is 1. The van der Waals surface area contributed by atoms with Crippen molar-refractivity contribution in [3.8, 4) is 0 Å². The van der Waals surface area contributed by atoms with Gasteiger partial charge in [-0.25, -0.2) is 9.18 Å². The molecule has 2 aromatic rings.